The van der Waals surface area contributed by atoms with Gasteiger partial charge in [-0.2, -0.15) is 0 Å². The number of hydrogen-bond acceptors (Lipinski definition) is 3. The molecule has 0 bridgehead atoms. The molecule has 2 atom stereocenters. The molecular weight excluding hydrogens is 222 g/mol. The molecule has 0 radical (unpaired) electrons. The van der Waals surface area contributed by atoms with Gasteiger partial charge in [-0.3, -0.25) is 0 Å². The van der Waals surface area contributed by atoms with E-state index in [2.05, 4.69) is 50.7 Å². The van der Waals surface area contributed by atoms with Crippen LogP contribution in [0.15, 0.2) is 18.3 Å². The molecule has 1 aromatic rings. The normalized spacial score (nSPS) is 15.3. The summed E-state index contributed by atoms with van der Waals surface area (Å²) in [5, 5.41) is 0. The van der Waals surface area contributed by atoms with E-state index in [9.17, 15) is 0 Å². The van der Waals surface area contributed by atoms with Crippen molar-refractivity contribution >= 4 is 5.82 Å². The Morgan fingerprint density at radius 2 is 1.94 bits per heavy atom. The number of anilines is 1. The molecule has 102 valence electrons. The highest BCUT2D eigenvalue weighted by atomic mass is 15.2. The van der Waals surface area contributed by atoms with Gasteiger partial charge in [-0.05, 0) is 37.3 Å². The van der Waals surface area contributed by atoms with Crippen molar-refractivity contribution in [2.75, 3.05) is 11.9 Å². The quantitative estimate of drug-likeness (QED) is 0.892. The molecule has 2 unspecified atom stereocenters. The third-order valence-electron chi connectivity index (χ3n) is 3.58. The molecule has 0 aliphatic carbocycles. The Hall–Kier alpha value is -1.09. The molecule has 0 fully saturated rings. The number of aromatic nitrogens is 1. The zero-order valence-electron chi connectivity index (χ0n) is 12.6. The molecule has 18 heavy (non-hydrogen) atoms. The van der Waals surface area contributed by atoms with Crippen LogP contribution in [0.2, 0.25) is 0 Å². The van der Waals surface area contributed by atoms with E-state index in [4.69, 9.17) is 5.73 Å². The second kappa shape index (κ2) is 5.70. The van der Waals surface area contributed by atoms with Gasteiger partial charge in [0.2, 0.25) is 0 Å². The summed E-state index contributed by atoms with van der Waals surface area (Å²) in [5.74, 6) is 1.05. The monoisotopic (exact) mass is 249 g/mol. The Labute approximate surface area is 111 Å². The molecule has 2 N–H and O–H groups in total. The second-order valence-electron chi connectivity index (χ2n) is 6.32. The first kappa shape index (κ1) is 15.0. The number of hydrogen-bond donors (Lipinski definition) is 1. The molecule has 1 heterocycles. The van der Waals surface area contributed by atoms with Gasteiger partial charge in [-0.25, -0.2) is 4.98 Å². The molecule has 3 heteroatoms. The van der Waals surface area contributed by atoms with Crippen molar-refractivity contribution in [1.29, 1.82) is 0 Å². The number of rotatable bonds is 4. The highest BCUT2D eigenvalue weighted by molar-refractivity contribution is 5.47. The molecule has 3 nitrogen and oxygen atoms in total. The maximum absolute atomic E-state index is 5.91. The standard InChI is InChI=1S/C15H27N3/c1-11(16)10-13-8-7-9-17-14(13)18(6)12(2)15(3,4)5/h7-9,11-12H,10,16H2,1-6H3. The van der Waals surface area contributed by atoms with Crippen molar-refractivity contribution in [1.82, 2.24) is 4.98 Å². The van der Waals surface area contributed by atoms with Crippen LogP contribution >= 0.6 is 0 Å². The summed E-state index contributed by atoms with van der Waals surface area (Å²) in [6, 6.07) is 4.68. The average Bonchev–Trinajstić information content (AvgIpc) is 2.26. The van der Waals surface area contributed by atoms with Gasteiger partial charge < -0.3 is 10.6 Å². The summed E-state index contributed by atoms with van der Waals surface area (Å²) in [6.07, 6.45) is 2.72. The predicted molar refractivity (Wildman–Crippen MR) is 78.9 cm³/mol. The fourth-order valence-corrected chi connectivity index (χ4v) is 2.02. The minimum absolute atomic E-state index is 0.159. The van der Waals surface area contributed by atoms with Gasteiger partial charge >= 0.3 is 0 Å². The van der Waals surface area contributed by atoms with Crippen LogP contribution in [0.25, 0.3) is 0 Å². The highest BCUT2D eigenvalue weighted by Crippen LogP contribution is 2.28. The summed E-state index contributed by atoms with van der Waals surface area (Å²) < 4.78 is 0. The molecule has 0 spiro atoms. The third-order valence-corrected chi connectivity index (χ3v) is 3.58. The predicted octanol–water partition coefficient (Wildman–Crippen LogP) is 2.84. The largest absolute Gasteiger partial charge is 0.356 e. The Kier molecular flexibility index (Phi) is 4.74. The van der Waals surface area contributed by atoms with E-state index in [0.29, 0.717) is 6.04 Å². The van der Waals surface area contributed by atoms with E-state index in [-0.39, 0.29) is 11.5 Å². The number of nitrogens with two attached hydrogens (primary N) is 1. The van der Waals surface area contributed by atoms with E-state index in [1.54, 1.807) is 0 Å². The smallest absolute Gasteiger partial charge is 0.131 e. The minimum Gasteiger partial charge on any atom is -0.356 e. The number of pyridine rings is 1. The second-order valence-corrected chi connectivity index (χ2v) is 6.32. The van der Waals surface area contributed by atoms with E-state index >= 15 is 0 Å². The summed E-state index contributed by atoms with van der Waals surface area (Å²) in [7, 11) is 2.11. The molecule has 0 aliphatic rings. The molecular formula is C15H27N3. The Morgan fingerprint density at radius 1 is 1.33 bits per heavy atom. The molecule has 0 saturated carbocycles. The topological polar surface area (TPSA) is 42.1 Å². The summed E-state index contributed by atoms with van der Waals surface area (Å²) in [6.45, 7) is 11.0. The summed E-state index contributed by atoms with van der Waals surface area (Å²) in [4.78, 5) is 6.80. The summed E-state index contributed by atoms with van der Waals surface area (Å²) >= 11 is 0. The first-order valence-electron chi connectivity index (χ1n) is 6.65. The van der Waals surface area contributed by atoms with E-state index in [1.807, 2.05) is 19.2 Å². The van der Waals surface area contributed by atoms with Gasteiger partial charge in [-0.15, -0.1) is 0 Å². The zero-order valence-corrected chi connectivity index (χ0v) is 12.6. The lowest BCUT2D eigenvalue weighted by Crippen LogP contribution is -2.40. The van der Waals surface area contributed by atoms with E-state index < -0.39 is 0 Å². The molecule has 0 aliphatic heterocycles. The van der Waals surface area contributed by atoms with E-state index in [1.165, 1.54) is 5.56 Å². The maximum Gasteiger partial charge on any atom is 0.131 e. The van der Waals surface area contributed by atoms with Crippen LogP contribution in [-0.2, 0) is 6.42 Å². The first-order chi connectivity index (χ1) is 8.23. The van der Waals surface area contributed by atoms with Crippen molar-refractivity contribution in [3.05, 3.63) is 23.9 Å². The van der Waals surface area contributed by atoms with Gasteiger partial charge in [0, 0.05) is 25.3 Å². The van der Waals surface area contributed by atoms with Crippen LogP contribution in [0.4, 0.5) is 5.82 Å². The Morgan fingerprint density at radius 3 is 2.44 bits per heavy atom. The number of nitrogens with zero attached hydrogens (tertiary/aromatic N) is 2. The van der Waals surface area contributed by atoms with E-state index in [0.717, 1.165) is 12.2 Å². The first-order valence-corrected chi connectivity index (χ1v) is 6.65. The summed E-state index contributed by atoms with van der Waals surface area (Å²) in [5.41, 5.74) is 7.36. The Bertz CT molecular complexity index is 380. The van der Waals surface area contributed by atoms with Crippen LogP contribution in [0.5, 0.6) is 0 Å². The molecule has 1 aromatic heterocycles. The van der Waals surface area contributed by atoms with Crippen LogP contribution in [-0.4, -0.2) is 24.1 Å². The van der Waals surface area contributed by atoms with Gasteiger partial charge in [0.25, 0.3) is 0 Å². The maximum atomic E-state index is 5.91. The molecule has 0 amide bonds. The van der Waals surface area contributed by atoms with Crippen LogP contribution in [0, 0.1) is 5.41 Å². The van der Waals surface area contributed by atoms with Crippen molar-refractivity contribution in [3.8, 4) is 0 Å². The molecule has 1 rings (SSSR count). The fourth-order valence-electron chi connectivity index (χ4n) is 2.02. The minimum atomic E-state index is 0.159. The van der Waals surface area contributed by atoms with Crippen LogP contribution in [0.3, 0.4) is 0 Å². The lowest BCUT2D eigenvalue weighted by Gasteiger charge is -2.37. The van der Waals surface area contributed by atoms with Gasteiger partial charge in [0.15, 0.2) is 0 Å². The van der Waals surface area contributed by atoms with Gasteiger partial charge in [-0.1, -0.05) is 26.8 Å². The zero-order chi connectivity index (χ0) is 13.9. The van der Waals surface area contributed by atoms with Crippen molar-refractivity contribution < 1.29 is 0 Å². The van der Waals surface area contributed by atoms with Gasteiger partial charge in [0.1, 0.15) is 5.82 Å². The Balaban J connectivity index is 3.01. The SMILES string of the molecule is CC(N)Cc1cccnc1N(C)C(C)C(C)(C)C. The van der Waals surface area contributed by atoms with Crippen molar-refractivity contribution in [3.63, 3.8) is 0 Å². The lowest BCUT2D eigenvalue weighted by atomic mass is 9.87. The lowest BCUT2D eigenvalue weighted by molar-refractivity contribution is 0.328. The van der Waals surface area contributed by atoms with Crippen molar-refractivity contribution in [2.45, 2.75) is 53.1 Å². The third kappa shape index (κ3) is 3.70. The van der Waals surface area contributed by atoms with Crippen LogP contribution < -0.4 is 10.6 Å². The highest BCUT2D eigenvalue weighted by Gasteiger charge is 2.25. The fraction of sp³-hybridized carbons (Fsp3) is 0.667. The van der Waals surface area contributed by atoms with Gasteiger partial charge in [0.05, 0.1) is 0 Å². The van der Waals surface area contributed by atoms with Crippen molar-refractivity contribution in [2.24, 2.45) is 11.1 Å². The van der Waals surface area contributed by atoms with Crippen LogP contribution in [0.1, 0.15) is 40.2 Å². The molecule has 0 aromatic carbocycles. The average molecular weight is 249 g/mol. The molecule has 0 saturated heterocycles.